The largest absolute Gasteiger partial charge is 0.336 e. The number of hydrogen-bond donors (Lipinski definition) is 1. The Morgan fingerprint density at radius 3 is 2.85 bits per heavy atom. The topological polar surface area (TPSA) is 32.3 Å². The Morgan fingerprint density at radius 1 is 1.46 bits per heavy atom. The van der Waals surface area contributed by atoms with Crippen LogP contribution in [0.15, 0.2) is 0 Å². The van der Waals surface area contributed by atoms with Gasteiger partial charge in [-0.05, 0) is 32.7 Å². The van der Waals surface area contributed by atoms with Crippen molar-refractivity contribution in [2.75, 3.05) is 13.1 Å². The van der Waals surface area contributed by atoms with Gasteiger partial charge in [0.15, 0.2) is 0 Å². The summed E-state index contributed by atoms with van der Waals surface area (Å²) >= 11 is 0. The first-order chi connectivity index (χ1) is 6.29. The van der Waals surface area contributed by atoms with Gasteiger partial charge in [0.25, 0.3) is 0 Å². The molecule has 1 amide bonds. The number of rotatable bonds is 1. The van der Waals surface area contributed by atoms with Crippen molar-refractivity contribution in [1.82, 2.24) is 10.2 Å². The highest BCUT2D eigenvalue weighted by Gasteiger charge is 2.33. The van der Waals surface area contributed by atoms with Crippen LogP contribution in [-0.4, -0.2) is 36.0 Å². The summed E-state index contributed by atoms with van der Waals surface area (Å²) in [6.07, 6.45) is 4.21. The average Bonchev–Trinajstić information content (AvgIpc) is 2.48. The van der Waals surface area contributed by atoms with Gasteiger partial charge in [0.2, 0.25) is 5.91 Å². The zero-order valence-corrected chi connectivity index (χ0v) is 8.25. The van der Waals surface area contributed by atoms with Crippen LogP contribution in [0.3, 0.4) is 0 Å². The summed E-state index contributed by atoms with van der Waals surface area (Å²) in [4.78, 5) is 13.7. The summed E-state index contributed by atoms with van der Waals surface area (Å²) in [6, 6.07) is 0.941. The van der Waals surface area contributed by atoms with Gasteiger partial charge in [-0.2, -0.15) is 0 Å². The van der Waals surface area contributed by atoms with Gasteiger partial charge >= 0.3 is 0 Å². The Morgan fingerprint density at radius 2 is 2.31 bits per heavy atom. The molecule has 74 valence electrons. The highest BCUT2D eigenvalue weighted by molar-refractivity contribution is 5.79. The van der Waals surface area contributed by atoms with Gasteiger partial charge in [0, 0.05) is 25.0 Å². The molecule has 0 aliphatic carbocycles. The summed E-state index contributed by atoms with van der Waals surface area (Å²) in [5, 5.41) is 3.36. The summed E-state index contributed by atoms with van der Waals surface area (Å²) in [5.74, 6) is 0.362. The lowest BCUT2D eigenvalue weighted by molar-refractivity contribution is -0.131. The standard InChI is InChI=1S/C10H18N2O/c1-8-4-5-10(13)12(8)9-3-2-6-11-7-9/h8-9,11H,2-7H2,1H3/t8-,9+/m1/s1. The van der Waals surface area contributed by atoms with E-state index in [2.05, 4.69) is 17.1 Å². The molecule has 0 bridgehead atoms. The van der Waals surface area contributed by atoms with Crippen molar-refractivity contribution in [3.05, 3.63) is 0 Å². The highest BCUT2D eigenvalue weighted by Crippen LogP contribution is 2.23. The number of carbonyl (C=O) groups is 1. The van der Waals surface area contributed by atoms with Crippen molar-refractivity contribution in [1.29, 1.82) is 0 Å². The molecule has 2 saturated heterocycles. The summed E-state index contributed by atoms with van der Waals surface area (Å²) in [5.41, 5.74) is 0. The minimum atomic E-state index is 0.362. The van der Waals surface area contributed by atoms with Crippen LogP contribution in [0.1, 0.15) is 32.6 Å². The fourth-order valence-electron chi connectivity index (χ4n) is 2.48. The molecule has 0 aromatic carbocycles. The summed E-state index contributed by atoms with van der Waals surface area (Å²) in [7, 11) is 0. The van der Waals surface area contributed by atoms with Crippen molar-refractivity contribution in [3.8, 4) is 0 Å². The molecule has 0 saturated carbocycles. The van der Waals surface area contributed by atoms with E-state index in [1.54, 1.807) is 0 Å². The van der Waals surface area contributed by atoms with Crippen LogP contribution in [0.25, 0.3) is 0 Å². The zero-order chi connectivity index (χ0) is 9.26. The molecule has 0 unspecified atom stereocenters. The van der Waals surface area contributed by atoms with Crippen molar-refractivity contribution in [2.24, 2.45) is 0 Å². The number of carbonyl (C=O) groups excluding carboxylic acids is 1. The van der Waals surface area contributed by atoms with E-state index in [0.29, 0.717) is 18.0 Å². The number of likely N-dealkylation sites (tertiary alicyclic amines) is 1. The van der Waals surface area contributed by atoms with Crippen molar-refractivity contribution >= 4 is 5.91 Å². The van der Waals surface area contributed by atoms with Crippen LogP contribution in [0.5, 0.6) is 0 Å². The fourth-order valence-corrected chi connectivity index (χ4v) is 2.48. The Kier molecular flexibility index (Phi) is 2.54. The third-order valence-corrected chi connectivity index (χ3v) is 3.20. The van der Waals surface area contributed by atoms with Crippen LogP contribution < -0.4 is 5.32 Å². The third-order valence-electron chi connectivity index (χ3n) is 3.20. The molecule has 2 aliphatic heterocycles. The minimum Gasteiger partial charge on any atom is -0.336 e. The molecule has 2 atom stereocenters. The number of amides is 1. The first-order valence-corrected chi connectivity index (χ1v) is 5.31. The Bertz CT molecular complexity index is 199. The van der Waals surface area contributed by atoms with Crippen LogP contribution >= 0.6 is 0 Å². The summed E-state index contributed by atoms with van der Waals surface area (Å²) in [6.45, 7) is 4.28. The van der Waals surface area contributed by atoms with Gasteiger partial charge in [0.1, 0.15) is 0 Å². The number of nitrogens with one attached hydrogen (secondary N) is 1. The quantitative estimate of drug-likeness (QED) is 0.649. The predicted molar refractivity (Wildman–Crippen MR) is 51.4 cm³/mol. The number of nitrogens with zero attached hydrogens (tertiary/aromatic N) is 1. The van der Waals surface area contributed by atoms with Gasteiger partial charge in [0.05, 0.1) is 0 Å². The Balaban J connectivity index is 2.00. The first-order valence-electron chi connectivity index (χ1n) is 5.31. The molecule has 1 N–H and O–H groups in total. The molecule has 2 heterocycles. The molecule has 0 spiro atoms. The van der Waals surface area contributed by atoms with Crippen molar-refractivity contribution in [3.63, 3.8) is 0 Å². The second kappa shape index (κ2) is 3.66. The van der Waals surface area contributed by atoms with E-state index in [9.17, 15) is 4.79 Å². The molecule has 13 heavy (non-hydrogen) atoms. The maximum absolute atomic E-state index is 11.6. The van der Waals surface area contributed by atoms with Crippen LogP contribution in [0.4, 0.5) is 0 Å². The van der Waals surface area contributed by atoms with Crippen molar-refractivity contribution in [2.45, 2.75) is 44.7 Å². The van der Waals surface area contributed by atoms with E-state index in [0.717, 1.165) is 25.9 Å². The molecule has 0 aromatic rings. The number of piperidine rings is 1. The first kappa shape index (κ1) is 9.00. The van der Waals surface area contributed by atoms with E-state index in [1.165, 1.54) is 12.8 Å². The second-order valence-electron chi connectivity index (χ2n) is 4.19. The number of hydrogen-bond acceptors (Lipinski definition) is 2. The van der Waals surface area contributed by atoms with Gasteiger partial charge in [-0.25, -0.2) is 0 Å². The normalized spacial score (nSPS) is 35.5. The lowest BCUT2D eigenvalue weighted by Gasteiger charge is -2.34. The van der Waals surface area contributed by atoms with Gasteiger partial charge in [-0.3, -0.25) is 4.79 Å². The molecule has 3 nitrogen and oxygen atoms in total. The maximum Gasteiger partial charge on any atom is 0.223 e. The molecular formula is C10H18N2O. The summed E-state index contributed by atoms with van der Waals surface area (Å²) < 4.78 is 0. The van der Waals surface area contributed by atoms with E-state index in [4.69, 9.17) is 0 Å². The van der Waals surface area contributed by atoms with Gasteiger partial charge in [-0.15, -0.1) is 0 Å². The minimum absolute atomic E-state index is 0.362. The Hall–Kier alpha value is -0.570. The monoisotopic (exact) mass is 182 g/mol. The van der Waals surface area contributed by atoms with E-state index in [-0.39, 0.29) is 0 Å². The molecule has 2 aliphatic rings. The van der Waals surface area contributed by atoms with Gasteiger partial charge in [-0.1, -0.05) is 0 Å². The van der Waals surface area contributed by atoms with Crippen LogP contribution in [-0.2, 0) is 4.79 Å². The average molecular weight is 182 g/mol. The molecular weight excluding hydrogens is 164 g/mol. The van der Waals surface area contributed by atoms with Crippen LogP contribution in [0.2, 0.25) is 0 Å². The highest BCUT2D eigenvalue weighted by atomic mass is 16.2. The smallest absolute Gasteiger partial charge is 0.223 e. The third kappa shape index (κ3) is 1.70. The van der Waals surface area contributed by atoms with E-state index in [1.807, 2.05) is 0 Å². The SMILES string of the molecule is C[C@@H]1CCC(=O)N1[C@H]1CCCNC1. The molecule has 2 rings (SSSR count). The molecule has 3 heteroatoms. The lowest BCUT2D eigenvalue weighted by Crippen LogP contribution is -2.49. The maximum atomic E-state index is 11.6. The van der Waals surface area contributed by atoms with Crippen molar-refractivity contribution < 1.29 is 4.79 Å². The molecule has 0 aromatic heterocycles. The Labute approximate surface area is 79.5 Å². The van der Waals surface area contributed by atoms with E-state index >= 15 is 0 Å². The van der Waals surface area contributed by atoms with E-state index < -0.39 is 0 Å². The second-order valence-corrected chi connectivity index (χ2v) is 4.19. The van der Waals surface area contributed by atoms with Crippen LogP contribution in [0, 0.1) is 0 Å². The predicted octanol–water partition coefficient (Wildman–Crippen LogP) is 0.749. The van der Waals surface area contributed by atoms with Gasteiger partial charge < -0.3 is 10.2 Å². The molecule has 2 fully saturated rings. The fraction of sp³-hybridized carbons (Fsp3) is 0.900. The molecule has 0 radical (unpaired) electrons. The zero-order valence-electron chi connectivity index (χ0n) is 8.25. The lowest BCUT2D eigenvalue weighted by atomic mass is 10.1.